The average Bonchev–Trinajstić information content (AvgIpc) is 2.02. The summed E-state index contributed by atoms with van der Waals surface area (Å²) >= 11 is 0. The number of carboxylic acid groups (broad SMARTS) is 1. The topological polar surface area (TPSA) is 40.5 Å². The summed E-state index contributed by atoms with van der Waals surface area (Å²) < 4.78 is 35.8. The number of alkyl halides is 3. The van der Waals surface area contributed by atoms with E-state index < -0.39 is 24.6 Å². The number of likely N-dealkylation sites (tertiary alicyclic amines) is 1. The zero-order chi connectivity index (χ0) is 10.8. The van der Waals surface area contributed by atoms with Crippen LogP contribution >= 0.6 is 0 Å². The van der Waals surface area contributed by atoms with Gasteiger partial charge in [0.1, 0.15) is 0 Å². The van der Waals surface area contributed by atoms with Crippen molar-refractivity contribution in [3.8, 4) is 0 Å². The van der Waals surface area contributed by atoms with Gasteiger partial charge in [-0.15, -0.1) is 0 Å². The number of nitrogens with zero attached hydrogens (tertiary/aromatic N) is 1. The van der Waals surface area contributed by atoms with Crippen molar-refractivity contribution in [1.82, 2.24) is 4.90 Å². The molecule has 0 atom stereocenters. The van der Waals surface area contributed by atoms with Gasteiger partial charge in [0.2, 0.25) is 0 Å². The van der Waals surface area contributed by atoms with Gasteiger partial charge in [0.25, 0.3) is 0 Å². The maximum Gasteiger partial charge on any atom is 0.401 e. The van der Waals surface area contributed by atoms with E-state index in [1.807, 2.05) is 0 Å². The van der Waals surface area contributed by atoms with Crippen LogP contribution < -0.4 is 0 Å². The van der Waals surface area contributed by atoms with E-state index in [0.29, 0.717) is 12.8 Å². The van der Waals surface area contributed by atoms with Crippen LogP contribution in [0.3, 0.4) is 0 Å². The number of rotatable bonds is 2. The maximum absolute atomic E-state index is 11.9. The Balaban J connectivity index is 2.33. The molecule has 0 aromatic rings. The third-order valence-electron chi connectivity index (χ3n) is 2.34. The summed E-state index contributed by atoms with van der Waals surface area (Å²) in [5, 5.41) is 8.62. The maximum atomic E-state index is 11.9. The summed E-state index contributed by atoms with van der Waals surface area (Å²) in [6.07, 6.45) is -3.56. The van der Waals surface area contributed by atoms with Crippen LogP contribution in [0.2, 0.25) is 0 Å². The number of hydrogen-bond acceptors (Lipinski definition) is 2. The van der Waals surface area contributed by atoms with Crippen LogP contribution in [0.4, 0.5) is 13.2 Å². The standard InChI is InChI=1S/C8H12F3NO2/c9-8(10,11)5-12-3-1-6(2-4-12)7(13)14/h6H,1-5H2,(H,13,14). The molecule has 0 bridgehead atoms. The first kappa shape index (κ1) is 11.3. The second-order valence-electron chi connectivity index (χ2n) is 3.50. The summed E-state index contributed by atoms with van der Waals surface area (Å²) in [4.78, 5) is 11.8. The number of carbonyl (C=O) groups is 1. The predicted molar refractivity (Wildman–Crippen MR) is 42.9 cm³/mol. The second kappa shape index (κ2) is 4.16. The van der Waals surface area contributed by atoms with Crippen LogP contribution in [-0.4, -0.2) is 41.8 Å². The molecule has 0 spiro atoms. The molecule has 1 N–H and O–H groups in total. The van der Waals surface area contributed by atoms with Crippen molar-refractivity contribution >= 4 is 5.97 Å². The fraction of sp³-hybridized carbons (Fsp3) is 0.875. The quantitative estimate of drug-likeness (QED) is 0.749. The number of hydrogen-bond donors (Lipinski definition) is 1. The summed E-state index contributed by atoms with van der Waals surface area (Å²) in [5.41, 5.74) is 0. The number of carboxylic acids is 1. The minimum atomic E-state index is -4.18. The second-order valence-corrected chi connectivity index (χ2v) is 3.50. The molecule has 3 nitrogen and oxygen atoms in total. The highest BCUT2D eigenvalue weighted by molar-refractivity contribution is 5.70. The first-order chi connectivity index (χ1) is 6.38. The lowest BCUT2D eigenvalue weighted by molar-refractivity contribution is -0.152. The van der Waals surface area contributed by atoms with E-state index in [4.69, 9.17) is 5.11 Å². The van der Waals surface area contributed by atoms with Crippen LogP contribution in [0.15, 0.2) is 0 Å². The third-order valence-corrected chi connectivity index (χ3v) is 2.34. The fourth-order valence-electron chi connectivity index (χ4n) is 1.59. The van der Waals surface area contributed by atoms with Crippen molar-refractivity contribution in [2.45, 2.75) is 19.0 Å². The molecule has 14 heavy (non-hydrogen) atoms. The lowest BCUT2D eigenvalue weighted by Gasteiger charge is -2.30. The Morgan fingerprint density at radius 1 is 1.36 bits per heavy atom. The smallest absolute Gasteiger partial charge is 0.401 e. The van der Waals surface area contributed by atoms with Gasteiger partial charge in [0, 0.05) is 0 Å². The third kappa shape index (κ3) is 3.53. The zero-order valence-electron chi connectivity index (χ0n) is 7.55. The molecule has 1 heterocycles. The molecule has 1 saturated heterocycles. The van der Waals surface area contributed by atoms with Gasteiger partial charge in [-0.2, -0.15) is 13.2 Å². The van der Waals surface area contributed by atoms with Gasteiger partial charge in [0.15, 0.2) is 0 Å². The molecule has 0 aromatic heterocycles. The highest BCUT2D eigenvalue weighted by Gasteiger charge is 2.33. The zero-order valence-corrected chi connectivity index (χ0v) is 7.55. The Hall–Kier alpha value is -0.780. The molecular weight excluding hydrogens is 199 g/mol. The Morgan fingerprint density at radius 2 is 1.86 bits per heavy atom. The average molecular weight is 211 g/mol. The summed E-state index contributed by atoms with van der Waals surface area (Å²) in [6, 6.07) is 0. The fourth-order valence-corrected chi connectivity index (χ4v) is 1.59. The minimum absolute atomic E-state index is 0.219. The van der Waals surface area contributed by atoms with Crippen LogP contribution in [0.25, 0.3) is 0 Å². The molecule has 1 rings (SSSR count). The number of aliphatic carboxylic acids is 1. The van der Waals surface area contributed by atoms with Crippen molar-refractivity contribution in [2.75, 3.05) is 19.6 Å². The van der Waals surface area contributed by atoms with E-state index in [9.17, 15) is 18.0 Å². The van der Waals surface area contributed by atoms with Crippen LogP contribution in [0, 0.1) is 5.92 Å². The number of piperidine rings is 1. The van der Waals surface area contributed by atoms with Crippen molar-refractivity contribution in [3.05, 3.63) is 0 Å². The highest BCUT2D eigenvalue weighted by atomic mass is 19.4. The Labute approximate surface area is 79.5 Å². The Morgan fingerprint density at radius 3 is 2.21 bits per heavy atom. The molecule has 1 aliphatic heterocycles. The molecule has 0 saturated carbocycles. The van der Waals surface area contributed by atoms with E-state index in [2.05, 4.69) is 0 Å². The van der Waals surface area contributed by atoms with E-state index >= 15 is 0 Å². The number of halogens is 3. The van der Waals surface area contributed by atoms with E-state index in [0.717, 1.165) is 0 Å². The molecule has 0 unspecified atom stereocenters. The SMILES string of the molecule is O=C(O)C1CCN(CC(F)(F)F)CC1. The Bertz CT molecular complexity index is 209. The molecule has 1 aliphatic rings. The van der Waals surface area contributed by atoms with Gasteiger partial charge in [-0.3, -0.25) is 9.69 Å². The summed E-state index contributed by atoms with van der Waals surface area (Å²) in [5.74, 6) is -1.38. The van der Waals surface area contributed by atoms with Gasteiger partial charge < -0.3 is 5.11 Å². The molecule has 82 valence electrons. The van der Waals surface area contributed by atoms with Crippen LogP contribution in [-0.2, 0) is 4.79 Å². The van der Waals surface area contributed by atoms with Crippen LogP contribution in [0.1, 0.15) is 12.8 Å². The highest BCUT2D eigenvalue weighted by Crippen LogP contribution is 2.22. The summed E-state index contributed by atoms with van der Waals surface area (Å²) in [6.45, 7) is -0.494. The predicted octanol–water partition coefficient (Wildman–Crippen LogP) is 1.35. The lowest BCUT2D eigenvalue weighted by atomic mass is 9.97. The lowest BCUT2D eigenvalue weighted by Crippen LogP contribution is -2.41. The van der Waals surface area contributed by atoms with Crippen molar-refractivity contribution in [2.24, 2.45) is 5.92 Å². The Kier molecular flexibility index (Phi) is 3.36. The first-order valence-electron chi connectivity index (χ1n) is 4.40. The normalized spacial score (nSPS) is 21.1. The molecule has 0 radical (unpaired) electrons. The minimum Gasteiger partial charge on any atom is -0.481 e. The molecule has 0 aliphatic carbocycles. The van der Waals surface area contributed by atoms with Crippen molar-refractivity contribution < 1.29 is 23.1 Å². The van der Waals surface area contributed by atoms with E-state index in [-0.39, 0.29) is 13.1 Å². The van der Waals surface area contributed by atoms with Gasteiger partial charge >= 0.3 is 12.1 Å². The van der Waals surface area contributed by atoms with Gasteiger partial charge in [-0.05, 0) is 25.9 Å². The molecular formula is C8H12F3NO2. The molecule has 6 heteroatoms. The van der Waals surface area contributed by atoms with E-state index in [1.54, 1.807) is 0 Å². The van der Waals surface area contributed by atoms with Crippen molar-refractivity contribution in [3.63, 3.8) is 0 Å². The van der Waals surface area contributed by atoms with Gasteiger partial charge in [-0.25, -0.2) is 0 Å². The largest absolute Gasteiger partial charge is 0.481 e. The monoisotopic (exact) mass is 211 g/mol. The molecule has 0 aromatic carbocycles. The van der Waals surface area contributed by atoms with Gasteiger partial charge in [0.05, 0.1) is 12.5 Å². The van der Waals surface area contributed by atoms with E-state index in [1.165, 1.54) is 4.90 Å². The molecule has 0 amide bonds. The van der Waals surface area contributed by atoms with Crippen LogP contribution in [0.5, 0.6) is 0 Å². The first-order valence-corrected chi connectivity index (χ1v) is 4.40. The van der Waals surface area contributed by atoms with Crippen molar-refractivity contribution in [1.29, 1.82) is 0 Å². The summed E-state index contributed by atoms with van der Waals surface area (Å²) in [7, 11) is 0. The molecule has 1 fully saturated rings. The van der Waals surface area contributed by atoms with Gasteiger partial charge in [-0.1, -0.05) is 0 Å².